The van der Waals surface area contributed by atoms with Crippen LogP contribution < -0.4 is 0 Å². The Balaban J connectivity index is 5.98. The Morgan fingerprint density at radius 1 is 1.11 bits per heavy atom. The second-order valence-corrected chi connectivity index (χ2v) is 6.42. The van der Waals surface area contributed by atoms with E-state index >= 15 is 0 Å². The van der Waals surface area contributed by atoms with Gasteiger partial charge in [0.25, 0.3) is 0 Å². The van der Waals surface area contributed by atoms with Crippen LogP contribution in [0, 0.1) is 0 Å². The normalized spacial score (nSPS) is 13.4. The van der Waals surface area contributed by atoms with Gasteiger partial charge in [0.1, 0.15) is 5.54 Å². The first-order valence-electron chi connectivity index (χ1n) is 6.45. The Bertz CT molecular complexity index is 321. The average molecular weight is 276 g/mol. The van der Waals surface area contributed by atoms with E-state index in [2.05, 4.69) is 13.2 Å². The van der Waals surface area contributed by atoms with Gasteiger partial charge in [-0.3, -0.25) is 9.79 Å². The summed E-state index contributed by atoms with van der Waals surface area (Å²) in [6, 6.07) is 0. The maximum Gasteiger partial charge on any atom is 0.526 e. The van der Waals surface area contributed by atoms with Crippen molar-refractivity contribution in [1.82, 2.24) is 0 Å². The molecule has 0 fully saturated rings. The maximum absolute atomic E-state index is 12.1. The van der Waals surface area contributed by atoms with Gasteiger partial charge in [0.15, 0.2) is 0 Å². The van der Waals surface area contributed by atoms with Crippen molar-refractivity contribution in [2.75, 3.05) is 13.1 Å². The van der Waals surface area contributed by atoms with Crippen molar-refractivity contribution in [3.05, 3.63) is 25.3 Å². The van der Waals surface area contributed by atoms with Crippen LogP contribution in [0.1, 0.15) is 40.0 Å². The molecular weight excluding hydrogens is 249 g/mol. The Labute approximate surface area is 111 Å². The fourth-order valence-electron chi connectivity index (χ4n) is 3.08. The molecule has 5 heteroatoms. The van der Waals surface area contributed by atoms with Crippen LogP contribution in [0.3, 0.4) is 0 Å². The molecule has 0 rings (SSSR count). The van der Waals surface area contributed by atoms with Gasteiger partial charge in [-0.15, -0.1) is 13.2 Å². The highest BCUT2D eigenvalue weighted by Crippen LogP contribution is 2.57. The summed E-state index contributed by atoms with van der Waals surface area (Å²) in [6.45, 7) is 13.9. The molecule has 0 bridgehead atoms. The number of hydrogen-bond donors (Lipinski definition) is 2. The molecule has 0 heterocycles. The fraction of sp³-hybridized carbons (Fsp3) is 0.692. The molecule has 0 aliphatic carbocycles. The lowest BCUT2D eigenvalue weighted by Crippen LogP contribution is -2.61. The van der Waals surface area contributed by atoms with Crippen LogP contribution >= 0.6 is 7.75 Å². The molecule has 0 spiro atoms. The van der Waals surface area contributed by atoms with Crippen molar-refractivity contribution in [2.45, 2.75) is 45.6 Å². The van der Waals surface area contributed by atoms with Gasteiger partial charge in [-0.25, -0.2) is 8.82 Å². The summed E-state index contributed by atoms with van der Waals surface area (Å²) in [6.07, 6.45) is 5.32. The van der Waals surface area contributed by atoms with Gasteiger partial charge >= 0.3 is 7.75 Å². The molecule has 2 N–H and O–H groups in total. The lowest BCUT2D eigenvalue weighted by atomic mass is 9.86. The minimum Gasteiger partial charge on any atom is -0.279 e. The van der Waals surface area contributed by atoms with Crippen molar-refractivity contribution in [1.29, 1.82) is 0 Å². The summed E-state index contributed by atoms with van der Waals surface area (Å²) >= 11 is 0. The Hall–Kier alpha value is -0.410. The molecule has 0 aromatic carbocycles. The first-order valence-corrected chi connectivity index (χ1v) is 8.02. The highest BCUT2D eigenvalue weighted by atomic mass is 31.2. The smallest absolute Gasteiger partial charge is 0.279 e. The molecule has 0 aliphatic rings. The molecule has 0 atom stereocenters. The van der Waals surface area contributed by atoms with Crippen molar-refractivity contribution >= 4 is 7.75 Å². The molecule has 0 unspecified atom stereocenters. The highest BCUT2D eigenvalue weighted by Gasteiger charge is 2.57. The third-order valence-corrected chi connectivity index (χ3v) is 6.12. The third-order valence-electron chi connectivity index (χ3n) is 4.13. The molecule has 0 saturated heterocycles. The molecule has 0 aliphatic heterocycles. The van der Waals surface area contributed by atoms with Crippen molar-refractivity contribution in [3.63, 3.8) is 0 Å². The van der Waals surface area contributed by atoms with Gasteiger partial charge in [0, 0.05) is 19.3 Å². The van der Waals surface area contributed by atoms with E-state index in [-0.39, 0.29) is 4.25 Å². The van der Waals surface area contributed by atoms with Gasteiger partial charge in [0.05, 0.1) is 13.1 Å². The first-order chi connectivity index (χ1) is 8.30. The monoisotopic (exact) mass is 276 g/mol. The van der Waals surface area contributed by atoms with E-state index < -0.39 is 13.3 Å². The molecule has 0 radical (unpaired) electrons. The summed E-state index contributed by atoms with van der Waals surface area (Å²) in [5.74, 6) is 0. The average Bonchev–Trinajstić information content (AvgIpc) is 2.29. The minimum absolute atomic E-state index is 0.200. The second kappa shape index (κ2) is 6.67. The standard InChI is InChI=1S/C13H26NO3P/c1-6-11-13(8-3,12-7-2)14(9-4,10-5)18(15,16)17/h6-7H,1-2,8-12H2,3-5H3,(H-,15,16,17)/p+1. The van der Waals surface area contributed by atoms with E-state index in [1.807, 2.05) is 20.8 Å². The zero-order chi connectivity index (χ0) is 14.4. The van der Waals surface area contributed by atoms with Gasteiger partial charge in [0.2, 0.25) is 0 Å². The zero-order valence-corrected chi connectivity index (χ0v) is 12.7. The summed E-state index contributed by atoms with van der Waals surface area (Å²) in [5, 5.41) is 0. The second-order valence-electron chi connectivity index (χ2n) is 4.63. The van der Waals surface area contributed by atoms with E-state index in [4.69, 9.17) is 0 Å². The van der Waals surface area contributed by atoms with E-state index in [9.17, 15) is 14.4 Å². The van der Waals surface area contributed by atoms with Gasteiger partial charge in [-0.2, -0.15) is 0 Å². The summed E-state index contributed by atoms with van der Waals surface area (Å²) in [5.41, 5.74) is -0.522. The third kappa shape index (κ3) is 2.77. The number of rotatable bonds is 9. The van der Waals surface area contributed by atoms with E-state index in [1.165, 1.54) is 0 Å². The SMILES string of the molecule is C=CCC(CC)(CC=C)[N+](CC)(CC)P(=O)(O)O. The number of hydrogen-bond acceptors (Lipinski definition) is 1. The lowest BCUT2D eigenvalue weighted by molar-refractivity contribution is -0.875. The molecule has 0 saturated carbocycles. The molecule has 0 amide bonds. The largest absolute Gasteiger partial charge is 0.526 e. The molecule has 0 aromatic rings. The van der Waals surface area contributed by atoms with Crippen LogP contribution in [0.4, 0.5) is 0 Å². The van der Waals surface area contributed by atoms with Crippen LogP contribution in [0.15, 0.2) is 25.3 Å². The molecule has 0 aromatic heterocycles. The van der Waals surface area contributed by atoms with Gasteiger partial charge in [-0.1, -0.05) is 19.1 Å². The van der Waals surface area contributed by atoms with Crippen LogP contribution in [0.2, 0.25) is 0 Å². The van der Waals surface area contributed by atoms with Crippen LogP contribution in [-0.4, -0.2) is 32.7 Å². The predicted molar refractivity (Wildman–Crippen MR) is 76.0 cm³/mol. The van der Waals surface area contributed by atoms with E-state index in [1.54, 1.807) is 12.2 Å². The lowest BCUT2D eigenvalue weighted by Gasteiger charge is -2.51. The van der Waals surface area contributed by atoms with Crippen LogP contribution in [0.25, 0.3) is 0 Å². The van der Waals surface area contributed by atoms with Crippen molar-refractivity contribution < 1.29 is 18.6 Å². The summed E-state index contributed by atoms with van der Waals surface area (Å²) in [7, 11) is -4.26. The Morgan fingerprint density at radius 3 is 1.67 bits per heavy atom. The van der Waals surface area contributed by atoms with Gasteiger partial charge in [-0.05, 0) is 13.8 Å². The first kappa shape index (κ1) is 17.6. The van der Waals surface area contributed by atoms with Crippen molar-refractivity contribution in [3.8, 4) is 0 Å². The molecule has 106 valence electrons. The topological polar surface area (TPSA) is 57.5 Å². The Kier molecular flexibility index (Phi) is 6.52. The quantitative estimate of drug-likeness (QED) is 0.502. The van der Waals surface area contributed by atoms with Crippen LogP contribution in [0.5, 0.6) is 0 Å². The number of quaternary nitrogens is 1. The molecule has 18 heavy (non-hydrogen) atoms. The van der Waals surface area contributed by atoms with E-state index in [0.717, 1.165) is 0 Å². The maximum atomic E-state index is 12.1. The minimum atomic E-state index is -4.26. The highest BCUT2D eigenvalue weighted by molar-refractivity contribution is 7.45. The predicted octanol–water partition coefficient (Wildman–Crippen LogP) is 3.24. The number of nitrogens with zero attached hydrogens (tertiary/aromatic N) is 1. The summed E-state index contributed by atoms with van der Waals surface area (Å²) < 4.78 is 11.9. The Morgan fingerprint density at radius 2 is 1.50 bits per heavy atom. The zero-order valence-electron chi connectivity index (χ0n) is 11.8. The van der Waals surface area contributed by atoms with E-state index in [0.29, 0.717) is 32.4 Å². The van der Waals surface area contributed by atoms with Gasteiger partial charge < -0.3 is 0 Å². The summed E-state index contributed by atoms with van der Waals surface area (Å²) in [4.78, 5) is 19.7. The molecule has 4 nitrogen and oxygen atoms in total. The van der Waals surface area contributed by atoms with Crippen LogP contribution in [-0.2, 0) is 4.57 Å². The fourth-order valence-corrected chi connectivity index (χ4v) is 4.68. The molecular formula is C13H27NO3P+. The van der Waals surface area contributed by atoms with Crippen molar-refractivity contribution in [2.24, 2.45) is 0 Å².